The molecular formula is C23H19ClFNO4. The van der Waals surface area contributed by atoms with Crippen LogP contribution >= 0.6 is 11.6 Å². The Morgan fingerprint density at radius 1 is 1.13 bits per heavy atom. The smallest absolute Gasteiger partial charge is 0.335 e. The van der Waals surface area contributed by atoms with Crippen LogP contribution in [-0.4, -0.2) is 22.7 Å². The Bertz CT molecular complexity index is 1070. The molecule has 1 aliphatic rings. The van der Waals surface area contributed by atoms with Gasteiger partial charge in [-0.1, -0.05) is 17.7 Å². The number of aromatic carboxylic acids is 1. The zero-order chi connectivity index (χ0) is 21.1. The standard InChI is InChI=1S/C23H19ClFNO4/c24-20-7-6-18(29-13-17-4-3-15(23(27)28)9-21(17)25)10-19(20)16-5-8-22(26-11-16)30-12-14-1-2-14/h3-11,14H,1-2,12-13H2,(H,27,28). The van der Waals surface area contributed by atoms with Crippen molar-refractivity contribution in [1.29, 1.82) is 0 Å². The van der Waals surface area contributed by atoms with Crippen molar-refractivity contribution >= 4 is 17.6 Å². The number of ether oxygens (including phenoxy) is 2. The van der Waals surface area contributed by atoms with E-state index >= 15 is 0 Å². The maximum absolute atomic E-state index is 14.1. The van der Waals surface area contributed by atoms with Crippen molar-refractivity contribution in [2.75, 3.05) is 6.61 Å². The lowest BCUT2D eigenvalue weighted by molar-refractivity contribution is 0.0696. The fourth-order valence-electron chi connectivity index (χ4n) is 2.89. The van der Waals surface area contributed by atoms with Crippen LogP contribution in [-0.2, 0) is 6.61 Å². The Labute approximate surface area is 178 Å². The van der Waals surface area contributed by atoms with Crippen molar-refractivity contribution < 1.29 is 23.8 Å². The molecule has 0 spiro atoms. The minimum Gasteiger partial charge on any atom is -0.489 e. The monoisotopic (exact) mass is 427 g/mol. The van der Waals surface area contributed by atoms with Crippen molar-refractivity contribution in [2.24, 2.45) is 5.92 Å². The molecule has 1 heterocycles. The third-order valence-corrected chi connectivity index (χ3v) is 5.17. The normalized spacial score (nSPS) is 13.1. The average molecular weight is 428 g/mol. The van der Waals surface area contributed by atoms with Gasteiger partial charge in [0.25, 0.3) is 0 Å². The number of halogens is 2. The lowest BCUT2D eigenvalue weighted by atomic mass is 10.1. The Hall–Kier alpha value is -3.12. The summed E-state index contributed by atoms with van der Waals surface area (Å²) in [7, 11) is 0. The first kappa shape index (κ1) is 20.2. The Morgan fingerprint density at radius 3 is 2.63 bits per heavy atom. The first-order valence-corrected chi connectivity index (χ1v) is 9.90. The summed E-state index contributed by atoms with van der Waals surface area (Å²) in [5.74, 6) is -0.0732. The van der Waals surface area contributed by atoms with E-state index in [4.69, 9.17) is 26.2 Å². The third kappa shape index (κ3) is 4.89. The van der Waals surface area contributed by atoms with Gasteiger partial charge in [0, 0.05) is 34.0 Å². The molecule has 0 amide bonds. The number of nitrogens with zero attached hydrogens (tertiary/aromatic N) is 1. The van der Waals surface area contributed by atoms with E-state index < -0.39 is 11.8 Å². The molecule has 2 aromatic carbocycles. The molecule has 5 nitrogen and oxygen atoms in total. The molecule has 7 heteroatoms. The zero-order valence-electron chi connectivity index (χ0n) is 16.0. The molecule has 30 heavy (non-hydrogen) atoms. The van der Waals surface area contributed by atoms with Gasteiger partial charge >= 0.3 is 5.97 Å². The van der Waals surface area contributed by atoms with Gasteiger partial charge in [-0.3, -0.25) is 0 Å². The molecular weight excluding hydrogens is 409 g/mol. The molecule has 0 unspecified atom stereocenters. The highest BCUT2D eigenvalue weighted by molar-refractivity contribution is 6.33. The summed E-state index contributed by atoms with van der Waals surface area (Å²) in [6.45, 7) is 0.652. The molecule has 1 N–H and O–H groups in total. The Kier molecular flexibility index (Phi) is 5.86. The van der Waals surface area contributed by atoms with E-state index in [0.717, 1.165) is 17.2 Å². The number of benzene rings is 2. The number of rotatable bonds is 8. The predicted octanol–water partition coefficient (Wildman–Crippen LogP) is 5.61. The summed E-state index contributed by atoms with van der Waals surface area (Å²) in [6, 6.07) is 12.6. The highest BCUT2D eigenvalue weighted by Crippen LogP contribution is 2.33. The first-order chi connectivity index (χ1) is 14.5. The van der Waals surface area contributed by atoms with Crippen LogP contribution in [0.2, 0.25) is 5.02 Å². The molecule has 0 saturated heterocycles. The molecule has 1 fully saturated rings. The van der Waals surface area contributed by atoms with Gasteiger partial charge in [-0.05, 0) is 55.2 Å². The van der Waals surface area contributed by atoms with Crippen LogP contribution in [0.4, 0.5) is 4.39 Å². The number of aromatic nitrogens is 1. The lowest BCUT2D eigenvalue weighted by Gasteiger charge is -2.11. The van der Waals surface area contributed by atoms with Gasteiger partial charge in [-0.15, -0.1) is 0 Å². The van der Waals surface area contributed by atoms with Gasteiger partial charge < -0.3 is 14.6 Å². The summed E-state index contributed by atoms with van der Waals surface area (Å²) in [5, 5.41) is 9.46. The zero-order valence-corrected chi connectivity index (χ0v) is 16.7. The number of pyridine rings is 1. The highest BCUT2D eigenvalue weighted by atomic mass is 35.5. The summed E-state index contributed by atoms with van der Waals surface area (Å²) in [6.07, 6.45) is 4.12. The van der Waals surface area contributed by atoms with E-state index in [1.54, 1.807) is 30.5 Å². The van der Waals surface area contributed by atoms with E-state index in [-0.39, 0.29) is 17.7 Å². The highest BCUT2D eigenvalue weighted by Gasteiger charge is 2.22. The minimum absolute atomic E-state index is 0.0427. The number of hydrogen-bond acceptors (Lipinski definition) is 4. The van der Waals surface area contributed by atoms with Crippen molar-refractivity contribution in [3.63, 3.8) is 0 Å². The minimum atomic E-state index is -1.18. The maximum Gasteiger partial charge on any atom is 0.335 e. The van der Waals surface area contributed by atoms with Gasteiger partial charge in [-0.2, -0.15) is 0 Å². The summed E-state index contributed by atoms with van der Waals surface area (Å²) < 4.78 is 25.4. The topological polar surface area (TPSA) is 68.7 Å². The van der Waals surface area contributed by atoms with Crippen molar-refractivity contribution in [1.82, 2.24) is 4.98 Å². The van der Waals surface area contributed by atoms with Crippen LogP contribution < -0.4 is 9.47 Å². The van der Waals surface area contributed by atoms with Crippen molar-refractivity contribution in [2.45, 2.75) is 19.4 Å². The summed E-state index contributed by atoms with van der Waals surface area (Å²) in [5.41, 5.74) is 1.69. The first-order valence-electron chi connectivity index (χ1n) is 9.53. The second kappa shape index (κ2) is 8.71. The maximum atomic E-state index is 14.1. The van der Waals surface area contributed by atoms with Gasteiger partial charge in [-0.25, -0.2) is 14.2 Å². The van der Waals surface area contributed by atoms with E-state index in [1.807, 2.05) is 6.07 Å². The SMILES string of the molecule is O=C(O)c1ccc(COc2ccc(Cl)c(-c3ccc(OCC4CC4)nc3)c2)c(F)c1. The molecule has 3 aromatic rings. The summed E-state index contributed by atoms with van der Waals surface area (Å²) in [4.78, 5) is 15.2. The molecule has 0 radical (unpaired) electrons. The fraction of sp³-hybridized carbons (Fsp3) is 0.217. The van der Waals surface area contributed by atoms with E-state index in [1.165, 1.54) is 25.0 Å². The van der Waals surface area contributed by atoms with E-state index in [2.05, 4.69) is 4.98 Å². The number of hydrogen-bond donors (Lipinski definition) is 1. The van der Waals surface area contributed by atoms with Crippen LogP contribution in [0.5, 0.6) is 11.6 Å². The number of carboxylic acid groups (broad SMARTS) is 1. The number of carboxylic acids is 1. The molecule has 154 valence electrons. The van der Waals surface area contributed by atoms with E-state index in [0.29, 0.717) is 29.2 Å². The molecule has 0 aliphatic heterocycles. The van der Waals surface area contributed by atoms with Gasteiger partial charge in [0.1, 0.15) is 18.2 Å². The predicted molar refractivity (Wildman–Crippen MR) is 111 cm³/mol. The largest absolute Gasteiger partial charge is 0.489 e. The molecule has 1 aromatic heterocycles. The van der Waals surface area contributed by atoms with Gasteiger partial charge in [0.2, 0.25) is 5.88 Å². The van der Waals surface area contributed by atoms with Crippen LogP contribution in [0.25, 0.3) is 11.1 Å². The Morgan fingerprint density at radius 2 is 1.97 bits per heavy atom. The van der Waals surface area contributed by atoms with Gasteiger partial charge in [0.15, 0.2) is 0 Å². The molecule has 1 saturated carbocycles. The second-order valence-corrected chi connectivity index (χ2v) is 7.59. The van der Waals surface area contributed by atoms with E-state index in [9.17, 15) is 9.18 Å². The molecule has 1 aliphatic carbocycles. The Balaban J connectivity index is 1.45. The molecule has 0 atom stereocenters. The van der Waals surface area contributed by atoms with Crippen molar-refractivity contribution in [3.05, 3.63) is 76.7 Å². The third-order valence-electron chi connectivity index (χ3n) is 4.84. The quantitative estimate of drug-likeness (QED) is 0.506. The molecule has 0 bridgehead atoms. The number of carbonyl (C=O) groups is 1. The second-order valence-electron chi connectivity index (χ2n) is 7.18. The van der Waals surface area contributed by atoms with Crippen LogP contribution in [0.3, 0.4) is 0 Å². The van der Waals surface area contributed by atoms with Gasteiger partial charge in [0.05, 0.1) is 12.2 Å². The van der Waals surface area contributed by atoms with Crippen molar-refractivity contribution in [3.8, 4) is 22.8 Å². The van der Waals surface area contributed by atoms with Crippen LogP contribution in [0, 0.1) is 11.7 Å². The average Bonchev–Trinajstić information content (AvgIpc) is 3.57. The summed E-state index contributed by atoms with van der Waals surface area (Å²) >= 11 is 6.34. The lowest BCUT2D eigenvalue weighted by Crippen LogP contribution is -2.02. The van der Waals surface area contributed by atoms with Crippen LogP contribution in [0.1, 0.15) is 28.8 Å². The fourth-order valence-corrected chi connectivity index (χ4v) is 3.11. The van der Waals surface area contributed by atoms with Crippen LogP contribution in [0.15, 0.2) is 54.7 Å². The molecule has 4 rings (SSSR count).